The first-order chi connectivity index (χ1) is 20.3. The first kappa shape index (κ1) is 33.6. The number of hydrogen-bond donors (Lipinski definition) is 3. The highest BCUT2D eigenvalue weighted by molar-refractivity contribution is 5.89. The molecule has 1 aliphatic rings. The Kier molecular flexibility index (Phi) is 12.1. The van der Waals surface area contributed by atoms with Gasteiger partial charge in [0.15, 0.2) is 0 Å². The van der Waals surface area contributed by atoms with Crippen LogP contribution >= 0.6 is 0 Å². The molecule has 4 amide bonds. The molecule has 10 heteroatoms. The van der Waals surface area contributed by atoms with Crippen molar-refractivity contribution in [2.45, 2.75) is 84.5 Å². The number of benzene rings is 2. The van der Waals surface area contributed by atoms with Crippen LogP contribution in [0.4, 0.5) is 9.18 Å². The number of ether oxygens (including phenoxy) is 1. The third kappa shape index (κ3) is 11.0. The number of likely N-dealkylation sites (tertiary alicyclic amines) is 1. The molecule has 2 unspecified atom stereocenters. The fourth-order valence-corrected chi connectivity index (χ4v) is 5.02. The lowest BCUT2D eigenvalue weighted by Gasteiger charge is -2.35. The molecule has 0 aromatic heterocycles. The molecule has 234 valence electrons. The van der Waals surface area contributed by atoms with Crippen LogP contribution in [0.2, 0.25) is 0 Å². The summed E-state index contributed by atoms with van der Waals surface area (Å²) in [7, 11) is 0. The summed E-state index contributed by atoms with van der Waals surface area (Å²) in [5, 5.41) is 8.39. The first-order valence-corrected chi connectivity index (χ1v) is 15.0. The highest BCUT2D eigenvalue weighted by Crippen LogP contribution is 2.20. The zero-order valence-electron chi connectivity index (χ0n) is 25.8. The second-order valence-electron chi connectivity index (χ2n) is 12.5. The van der Waals surface area contributed by atoms with E-state index in [1.54, 1.807) is 43.9 Å². The van der Waals surface area contributed by atoms with Gasteiger partial charge in [-0.1, -0.05) is 62.4 Å². The van der Waals surface area contributed by atoms with Gasteiger partial charge in [0, 0.05) is 37.5 Å². The fraction of sp³-hybridized carbons (Fsp3) is 0.515. The number of piperidine rings is 1. The molecule has 9 nitrogen and oxygen atoms in total. The minimum Gasteiger partial charge on any atom is -0.444 e. The monoisotopic (exact) mass is 596 g/mol. The number of nitrogens with zero attached hydrogens (tertiary/aromatic N) is 1. The predicted molar refractivity (Wildman–Crippen MR) is 162 cm³/mol. The maximum atomic E-state index is 14.1. The Balaban J connectivity index is 1.61. The number of rotatable bonds is 11. The van der Waals surface area contributed by atoms with E-state index in [0.717, 1.165) is 5.56 Å². The molecule has 43 heavy (non-hydrogen) atoms. The van der Waals surface area contributed by atoms with Crippen LogP contribution in [0, 0.1) is 17.7 Å². The number of carbonyl (C=O) groups excluding carboxylic acids is 4. The van der Waals surface area contributed by atoms with Crippen molar-refractivity contribution in [2.75, 3.05) is 13.1 Å². The second-order valence-corrected chi connectivity index (χ2v) is 12.5. The number of halogens is 1. The van der Waals surface area contributed by atoms with E-state index in [-0.39, 0.29) is 36.6 Å². The summed E-state index contributed by atoms with van der Waals surface area (Å²) in [5.41, 5.74) is 0.548. The smallest absolute Gasteiger partial charge is 0.408 e. The third-order valence-corrected chi connectivity index (χ3v) is 7.20. The SMILES string of the molecule is CC(C)CC(NC(=O)OC(C)(C)C)C(=O)N1CCC(C(=O)NC(Cc2ccccc2)C(=O)NCc2ccccc2F)CC1. The van der Waals surface area contributed by atoms with Crippen molar-refractivity contribution in [3.63, 3.8) is 0 Å². The molecule has 0 aliphatic carbocycles. The van der Waals surface area contributed by atoms with Crippen molar-refractivity contribution in [1.82, 2.24) is 20.9 Å². The van der Waals surface area contributed by atoms with E-state index in [1.165, 1.54) is 6.07 Å². The Morgan fingerprint density at radius 1 is 0.930 bits per heavy atom. The largest absolute Gasteiger partial charge is 0.444 e. The van der Waals surface area contributed by atoms with Gasteiger partial charge in [-0.3, -0.25) is 14.4 Å². The third-order valence-electron chi connectivity index (χ3n) is 7.20. The van der Waals surface area contributed by atoms with Gasteiger partial charge in [-0.2, -0.15) is 0 Å². The highest BCUT2D eigenvalue weighted by Gasteiger charge is 2.34. The van der Waals surface area contributed by atoms with E-state index in [0.29, 0.717) is 37.9 Å². The lowest BCUT2D eigenvalue weighted by Crippen LogP contribution is -2.54. The van der Waals surface area contributed by atoms with E-state index in [2.05, 4.69) is 16.0 Å². The van der Waals surface area contributed by atoms with E-state index in [9.17, 15) is 23.6 Å². The molecule has 3 N–H and O–H groups in total. The predicted octanol–water partition coefficient (Wildman–Crippen LogP) is 4.35. The maximum Gasteiger partial charge on any atom is 0.408 e. The van der Waals surface area contributed by atoms with Gasteiger partial charge >= 0.3 is 6.09 Å². The Labute approximate surface area is 253 Å². The van der Waals surface area contributed by atoms with Gasteiger partial charge in [0.2, 0.25) is 17.7 Å². The van der Waals surface area contributed by atoms with E-state index >= 15 is 0 Å². The minimum absolute atomic E-state index is 0.00203. The van der Waals surface area contributed by atoms with Crippen LogP contribution in [0.5, 0.6) is 0 Å². The Morgan fingerprint density at radius 2 is 1.56 bits per heavy atom. The van der Waals surface area contributed by atoms with Crippen molar-refractivity contribution >= 4 is 23.8 Å². The molecule has 1 fully saturated rings. The second kappa shape index (κ2) is 15.5. The van der Waals surface area contributed by atoms with E-state index in [1.807, 2.05) is 44.2 Å². The van der Waals surface area contributed by atoms with Crippen molar-refractivity contribution in [2.24, 2.45) is 11.8 Å². The molecule has 2 atom stereocenters. The minimum atomic E-state index is -0.852. The first-order valence-electron chi connectivity index (χ1n) is 15.0. The average Bonchev–Trinajstić information content (AvgIpc) is 2.95. The summed E-state index contributed by atoms with van der Waals surface area (Å²) in [6.07, 6.45) is 0.946. The normalized spacial score (nSPS) is 15.4. The van der Waals surface area contributed by atoms with Crippen molar-refractivity contribution in [3.8, 4) is 0 Å². The molecule has 0 bridgehead atoms. The number of amides is 4. The molecule has 3 rings (SSSR count). The molecule has 0 saturated carbocycles. The quantitative estimate of drug-likeness (QED) is 0.357. The Hall–Kier alpha value is -3.95. The molecule has 0 spiro atoms. The Bertz CT molecular complexity index is 1240. The standard InChI is InChI=1S/C33H45FN4O5/c1-22(2)19-28(37-32(42)43-33(3,4)5)31(41)38-17-15-24(16-18-38)29(39)36-27(20-23-11-7-6-8-12-23)30(40)35-21-25-13-9-10-14-26(25)34/h6-14,22,24,27-28H,15-21H2,1-5H3,(H,35,40)(H,36,39)(H,37,42). The number of nitrogens with one attached hydrogen (secondary N) is 3. The lowest BCUT2D eigenvalue weighted by atomic mass is 9.93. The van der Waals surface area contributed by atoms with Gasteiger partial charge < -0.3 is 25.6 Å². The van der Waals surface area contributed by atoms with Gasteiger partial charge in [-0.15, -0.1) is 0 Å². The van der Waals surface area contributed by atoms with Crippen molar-refractivity contribution in [1.29, 1.82) is 0 Å². The van der Waals surface area contributed by atoms with Gasteiger partial charge in [0.25, 0.3) is 0 Å². The van der Waals surface area contributed by atoms with Crippen molar-refractivity contribution < 1.29 is 28.3 Å². The van der Waals surface area contributed by atoms with Crippen molar-refractivity contribution in [3.05, 3.63) is 71.5 Å². The lowest BCUT2D eigenvalue weighted by molar-refractivity contribution is -0.138. The topological polar surface area (TPSA) is 117 Å². The Morgan fingerprint density at radius 3 is 2.16 bits per heavy atom. The van der Waals surface area contributed by atoms with Gasteiger partial charge in [0.1, 0.15) is 23.5 Å². The van der Waals surface area contributed by atoms with Gasteiger partial charge in [0.05, 0.1) is 0 Å². The van der Waals surface area contributed by atoms with Crippen LogP contribution in [-0.4, -0.2) is 59.5 Å². The molecule has 1 heterocycles. The summed E-state index contributed by atoms with van der Waals surface area (Å²) in [4.78, 5) is 54.0. The zero-order valence-corrected chi connectivity index (χ0v) is 25.8. The summed E-state index contributed by atoms with van der Waals surface area (Å²) in [6, 6.07) is 14.0. The van der Waals surface area contributed by atoms with E-state index < -0.39 is 35.5 Å². The number of hydrogen-bond acceptors (Lipinski definition) is 5. The summed E-state index contributed by atoms with van der Waals surface area (Å²) < 4.78 is 19.5. The maximum absolute atomic E-state index is 14.1. The molecule has 1 saturated heterocycles. The van der Waals surface area contributed by atoms with Gasteiger partial charge in [-0.05, 0) is 57.6 Å². The molecular weight excluding hydrogens is 551 g/mol. The summed E-state index contributed by atoms with van der Waals surface area (Å²) in [5.74, 6) is -1.50. The zero-order chi connectivity index (χ0) is 31.6. The highest BCUT2D eigenvalue weighted by atomic mass is 19.1. The summed E-state index contributed by atoms with van der Waals surface area (Å²) >= 11 is 0. The number of alkyl carbamates (subject to hydrolysis) is 1. The van der Waals surface area contributed by atoms with Crippen LogP contribution in [0.25, 0.3) is 0 Å². The van der Waals surface area contributed by atoms with Crippen LogP contribution in [0.15, 0.2) is 54.6 Å². The average molecular weight is 597 g/mol. The molecule has 2 aromatic carbocycles. The molecule has 0 radical (unpaired) electrons. The van der Waals surface area contributed by atoms with Gasteiger partial charge in [-0.25, -0.2) is 9.18 Å². The molecule has 1 aliphatic heterocycles. The fourth-order valence-electron chi connectivity index (χ4n) is 5.02. The number of carbonyl (C=O) groups is 4. The van der Waals surface area contributed by atoms with Crippen LogP contribution in [0.1, 0.15) is 65.0 Å². The van der Waals surface area contributed by atoms with Crippen LogP contribution < -0.4 is 16.0 Å². The molecule has 2 aromatic rings. The van der Waals surface area contributed by atoms with Crippen LogP contribution in [-0.2, 0) is 32.1 Å². The van der Waals surface area contributed by atoms with E-state index in [4.69, 9.17) is 4.74 Å². The molecular formula is C33H45FN4O5. The van der Waals surface area contributed by atoms with Crippen LogP contribution in [0.3, 0.4) is 0 Å². The summed E-state index contributed by atoms with van der Waals surface area (Å²) in [6.45, 7) is 9.95.